The number of carbonyl (C=O) groups is 1. The first-order chi connectivity index (χ1) is 16.8. The Morgan fingerprint density at radius 1 is 1.20 bits per heavy atom. The average molecular weight is 502 g/mol. The Hall–Kier alpha value is -3.47. The van der Waals surface area contributed by atoms with E-state index in [1.807, 2.05) is 0 Å². The van der Waals surface area contributed by atoms with Gasteiger partial charge in [-0.15, -0.1) is 0 Å². The quantitative estimate of drug-likeness (QED) is 0.473. The van der Waals surface area contributed by atoms with Crippen LogP contribution in [0.3, 0.4) is 0 Å². The number of methoxy groups -OCH3 is 2. The normalized spacial score (nSPS) is 14.9. The van der Waals surface area contributed by atoms with Gasteiger partial charge in [0.1, 0.15) is 5.76 Å². The Morgan fingerprint density at radius 3 is 2.66 bits per heavy atom. The number of aromatic hydroxyl groups is 1. The lowest BCUT2D eigenvalue weighted by Gasteiger charge is -2.35. The van der Waals surface area contributed by atoms with Crippen molar-refractivity contribution in [1.29, 1.82) is 0 Å². The first-order valence-electron chi connectivity index (χ1n) is 11.1. The zero-order valence-corrected chi connectivity index (χ0v) is 20.6. The van der Waals surface area contributed by atoms with E-state index in [0.717, 1.165) is 11.5 Å². The molecule has 1 aliphatic heterocycles. The average Bonchev–Trinajstić information content (AvgIpc) is 3.34. The molecule has 0 spiro atoms. The topological polar surface area (TPSA) is 137 Å². The molecule has 186 valence electrons. The van der Waals surface area contributed by atoms with Crippen LogP contribution < -0.4 is 20.2 Å². The smallest absolute Gasteiger partial charge is 0.246 e. The molecule has 3 heterocycles. The summed E-state index contributed by atoms with van der Waals surface area (Å²) in [6.45, 7) is 1.69. The van der Waals surface area contributed by atoms with Gasteiger partial charge in [0.2, 0.25) is 28.8 Å². The number of hydrogen-bond acceptors (Lipinski definition) is 10. The molecular formula is C24H27N3O7S. The monoisotopic (exact) mass is 501 g/mol. The second-order valence-electron chi connectivity index (χ2n) is 8.33. The number of hydrogen-bond donors (Lipinski definition) is 2. The Morgan fingerprint density at radius 2 is 1.94 bits per heavy atom. The van der Waals surface area contributed by atoms with Crippen molar-refractivity contribution in [3.8, 4) is 28.6 Å². The third-order valence-electron chi connectivity index (χ3n) is 6.02. The summed E-state index contributed by atoms with van der Waals surface area (Å²) < 4.78 is 21.6. The first-order valence-corrected chi connectivity index (χ1v) is 12.2. The molecule has 0 radical (unpaired) electrons. The van der Waals surface area contributed by atoms with Gasteiger partial charge in [-0.25, -0.2) is 0 Å². The molecule has 0 bridgehead atoms. The minimum Gasteiger partial charge on any atom is -0.502 e. The summed E-state index contributed by atoms with van der Waals surface area (Å²) in [4.78, 5) is 29.5. The fourth-order valence-electron chi connectivity index (χ4n) is 4.17. The molecule has 1 aromatic carbocycles. The number of thioether (sulfide) groups is 1. The van der Waals surface area contributed by atoms with Crippen molar-refractivity contribution in [2.45, 2.75) is 38.1 Å². The van der Waals surface area contributed by atoms with Crippen LogP contribution in [0.15, 0.2) is 38.0 Å². The van der Waals surface area contributed by atoms with Crippen molar-refractivity contribution in [3.63, 3.8) is 0 Å². The van der Waals surface area contributed by atoms with E-state index in [1.165, 1.54) is 13.2 Å². The van der Waals surface area contributed by atoms with Crippen LogP contribution in [0.4, 0.5) is 0 Å². The van der Waals surface area contributed by atoms with Crippen molar-refractivity contribution >= 4 is 17.7 Å². The molecule has 2 N–H and O–H groups in total. The lowest BCUT2D eigenvalue weighted by molar-refractivity contribution is -0.123. The van der Waals surface area contributed by atoms with Crippen molar-refractivity contribution in [1.82, 2.24) is 15.5 Å². The number of amides is 1. The molecule has 2 aromatic heterocycles. The molecule has 1 fully saturated rings. The molecule has 3 aromatic rings. The molecule has 0 atom stereocenters. The summed E-state index contributed by atoms with van der Waals surface area (Å²) >= 11 is 1.77. The number of nitrogens with one attached hydrogen (secondary N) is 1. The van der Waals surface area contributed by atoms with Crippen molar-refractivity contribution in [2.75, 3.05) is 25.7 Å². The van der Waals surface area contributed by atoms with E-state index >= 15 is 0 Å². The van der Waals surface area contributed by atoms with Gasteiger partial charge in [0, 0.05) is 23.5 Å². The number of carbonyl (C=O) groups excluding carboxylic acids is 1. The third kappa shape index (κ3) is 5.29. The van der Waals surface area contributed by atoms with Gasteiger partial charge < -0.3 is 28.8 Å². The molecule has 10 nitrogen and oxygen atoms in total. The van der Waals surface area contributed by atoms with Crippen LogP contribution in [0.1, 0.15) is 36.7 Å². The largest absolute Gasteiger partial charge is 0.502 e. The molecule has 1 amide bonds. The maximum Gasteiger partial charge on any atom is 0.246 e. The highest BCUT2D eigenvalue weighted by Gasteiger charge is 2.41. The molecule has 0 unspecified atom stereocenters. The van der Waals surface area contributed by atoms with Gasteiger partial charge in [0.25, 0.3) is 0 Å². The summed E-state index contributed by atoms with van der Waals surface area (Å²) in [6.07, 6.45) is 1.27. The van der Waals surface area contributed by atoms with Crippen molar-refractivity contribution in [3.05, 3.63) is 51.9 Å². The van der Waals surface area contributed by atoms with Crippen LogP contribution in [-0.2, 0) is 16.8 Å². The van der Waals surface area contributed by atoms with E-state index in [9.17, 15) is 14.7 Å². The van der Waals surface area contributed by atoms with E-state index in [1.54, 1.807) is 44.0 Å². The summed E-state index contributed by atoms with van der Waals surface area (Å²) in [5.41, 5.74) is -0.590. The number of benzene rings is 1. The number of rotatable bonds is 8. The predicted molar refractivity (Wildman–Crippen MR) is 129 cm³/mol. The number of aryl methyl sites for hydroxylation is 1. The van der Waals surface area contributed by atoms with E-state index in [4.69, 9.17) is 18.4 Å². The second kappa shape index (κ2) is 10.4. The molecule has 1 aliphatic rings. The van der Waals surface area contributed by atoms with Crippen molar-refractivity contribution < 1.29 is 28.3 Å². The van der Waals surface area contributed by atoms with Gasteiger partial charge in [0.05, 0.1) is 20.8 Å². The van der Waals surface area contributed by atoms with E-state index in [0.29, 0.717) is 41.5 Å². The molecule has 1 saturated heterocycles. The molecular weight excluding hydrogens is 474 g/mol. The summed E-state index contributed by atoms with van der Waals surface area (Å²) in [5, 5.41) is 17.2. The fourth-order valence-corrected chi connectivity index (χ4v) is 5.45. The van der Waals surface area contributed by atoms with Crippen LogP contribution >= 0.6 is 11.8 Å². The van der Waals surface area contributed by atoms with Crippen LogP contribution in [0.25, 0.3) is 11.4 Å². The van der Waals surface area contributed by atoms with E-state index in [2.05, 4.69) is 15.5 Å². The summed E-state index contributed by atoms with van der Waals surface area (Å²) in [6, 6.07) is 6.50. The lowest BCUT2D eigenvalue weighted by Crippen LogP contribution is -2.38. The molecule has 0 aliphatic carbocycles. The molecule has 35 heavy (non-hydrogen) atoms. The highest BCUT2D eigenvalue weighted by molar-refractivity contribution is 7.99. The summed E-state index contributed by atoms with van der Waals surface area (Å²) in [5.74, 6) is 3.18. The molecule has 4 rings (SSSR count). The Kier molecular flexibility index (Phi) is 7.34. The third-order valence-corrected chi connectivity index (χ3v) is 7.01. The summed E-state index contributed by atoms with van der Waals surface area (Å²) in [7, 11) is 3.09. The van der Waals surface area contributed by atoms with Gasteiger partial charge in [-0.2, -0.15) is 16.7 Å². The standard InChI is InChI=1S/C24H27N3O7S/c1-14-10-16(28)21(30)22(33-14)24(6-8-35-9-7-24)12-19(29)25-13-20-26-23(27-34-20)15-4-5-17(31-2)18(11-15)32-3/h4-5,10-11,30H,6-9,12-13H2,1-3H3,(H,25,29). The van der Waals surface area contributed by atoms with E-state index < -0.39 is 16.6 Å². The fraction of sp³-hybridized carbons (Fsp3) is 0.417. The van der Waals surface area contributed by atoms with Crippen LogP contribution in [0, 0.1) is 6.92 Å². The van der Waals surface area contributed by atoms with Gasteiger partial charge in [-0.1, -0.05) is 5.16 Å². The minimum absolute atomic E-state index is 0.0354. The first kappa shape index (κ1) is 24.6. The van der Waals surface area contributed by atoms with Crippen LogP contribution in [-0.4, -0.2) is 46.9 Å². The highest BCUT2D eigenvalue weighted by Crippen LogP contribution is 2.44. The molecule has 0 saturated carbocycles. The van der Waals surface area contributed by atoms with Gasteiger partial charge in [-0.3, -0.25) is 9.59 Å². The number of aromatic nitrogens is 2. The number of nitrogens with zero attached hydrogens (tertiary/aromatic N) is 2. The highest BCUT2D eigenvalue weighted by atomic mass is 32.2. The maximum atomic E-state index is 12.9. The van der Waals surface area contributed by atoms with Crippen LogP contribution in [0.5, 0.6) is 17.2 Å². The minimum atomic E-state index is -0.760. The Labute approximate surface area is 206 Å². The van der Waals surface area contributed by atoms with E-state index in [-0.39, 0.29) is 30.5 Å². The Balaban J connectivity index is 1.47. The Bertz CT molecular complexity index is 1260. The van der Waals surface area contributed by atoms with Gasteiger partial charge in [0.15, 0.2) is 17.3 Å². The van der Waals surface area contributed by atoms with Gasteiger partial charge >= 0.3 is 0 Å². The SMILES string of the molecule is COc1ccc(-c2noc(CNC(=O)CC3(c4oc(C)cc(=O)c4O)CCSCC3)n2)cc1OC. The zero-order chi connectivity index (χ0) is 25.0. The maximum absolute atomic E-state index is 12.9. The molecule has 11 heteroatoms. The number of ether oxygens (including phenoxy) is 2. The lowest BCUT2D eigenvalue weighted by atomic mass is 9.75. The second-order valence-corrected chi connectivity index (χ2v) is 9.55. The zero-order valence-electron chi connectivity index (χ0n) is 19.8. The van der Waals surface area contributed by atoms with Crippen molar-refractivity contribution in [2.24, 2.45) is 0 Å². The van der Waals surface area contributed by atoms with Crippen LogP contribution in [0.2, 0.25) is 0 Å². The van der Waals surface area contributed by atoms with Gasteiger partial charge in [-0.05, 0) is 49.5 Å². The predicted octanol–water partition coefficient (Wildman–Crippen LogP) is 3.19.